The maximum absolute atomic E-state index is 5.44. The zero-order valence-electron chi connectivity index (χ0n) is 11.9. The van der Waals surface area contributed by atoms with Gasteiger partial charge in [-0.3, -0.25) is 5.43 Å². The zero-order valence-corrected chi connectivity index (χ0v) is 11.9. The van der Waals surface area contributed by atoms with Gasteiger partial charge in [0.05, 0.1) is 6.61 Å². The highest BCUT2D eigenvalue weighted by Crippen LogP contribution is 2.09. The summed E-state index contributed by atoms with van der Waals surface area (Å²) in [5.74, 6) is 5.87. The number of nitrogens with two attached hydrogens (primary N) is 1. The predicted octanol–water partition coefficient (Wildman–Crippen LogP) is 0.538. The molecule has 0 amide bonds. The fourth-order valence-corrected chi connectivity index (χ4v) is 1.50. The molecule has 0 radical (unpaired) electrons. The third-order valence-corrected chi connectivity index (χ3v) is 2.54. The van der Waals surface area contributed by atoms with E-state index in [0.717, 1.165) is 19.4 Å². The second-order valence-electron chi connectivity index (χ2n) is 4.15. The van der Waals surface area contributed by atoms with E-state index in [1.165, 1.54) is 4.68 Å². The van der Waals surface area contributed by atoms with Crippen LogP contribution in [0.15, 0.2) is 18.5 Å². The minimum atomic E-state index is 0.169. The number of hydrazine groups is 1. The maximum Gasteiger partial charge on any atom is 0.323 e. The Bertz CT molecular complexity index is 532. The summed E-state index contributed by atoms with van der Waals surface area (Å²) in [6.45, 7) is 3.68. The van der Waals surface area contributed by atoms with E-state index in [9.17, 15) is 0 Å². The van der Waals surface area contributed by atoms with Gasteiger partial charge in [0.15, 0.2) is 0 Å². The molecule has 2 heterocycles. The van der Waals surface area contributed by atoms with Crippen molar-refractivity contribution in [3.05, 3.63) is 18.5 Å². The van der Waals surface area contributed by atoms with Crippen LogP contribution in [0.4, 0.5) is 5.95 Å². The topological polar surface area (TPSA) is 113 Å². The molecule has 0 atom stereocenters. The van der Waals surface area contributed by atoms with Gasteiger partial charge in [0, 0.05) is 19.0 Å². The predicted molar refractivity (Wildman–Crippen MR) is 76.0 cm³/mol. The molecule has 3 N–H and O–H groups in total. The van der Waals surface area contributed by atoms with Crippen LogP contribution >= 0.6 is 0 Å². The van der Waals surface area contributed by atoms with Gasteiger partial charge in [0.2, 0.25) is 5.95 Å². The molecule has 0 aliphatic rings. The Morgan fingerprint density at radius 3 is 2.86 bits per heavy atom. The van der Waals surface area contributed by atoms with Crippen molar-refractivity contribution in [3.8, 4) is 12.0 Å². The third kappa shape index (κ3) is 4.65. The van der Waals surface area contributed by atoms with Gasteiger partial charge < -0.3 is 9.47 Å². The smallest absolute Gasteiger partial charge is 0.323 e. The number of aromatic nitrogens is 5. The molecule has 9 heteroatoms. The highest BCUT2D eigenvalue weighted by atomic mass is 16.5. The van der Waals surface area contributed by atoms with Crippen LogP contribution in [-0.4, -0.2) is 44.6 Å². The van der Waals surface area contributed by atoms with E-state index < -0.39 is 0 Å². The minimum Gasteiger partial charge on any atom is -0.461 e. The Morgan fingerprint density at radius 1 is 1.24 bits per heavy atom. The zero-order chi connectivity index (χ0) is 14.9. The van der Waals surface area contributed by atoms with Crippen molar-refractivity contribution in [3.63, 3.8) is 0 Å². The van der Waals surface area contributed by atoms with Gasteiger partial charge in [-0.25, -0.2) is 10.5 Å². The van der Waals surface area contributed by atoms with Crippen molar-refractivity contribution >= 4 is 5.95 Å². The van der Waals surface area contributed by atoms with Crippen LogP contribution < -0.4 is 16.0 Å². The highest BCUT2D eigenvalue weighted by Gasteiger charge is 2.08. The summed E-state index contributed by atoms with van der Waals surface area (Å²) in [6, 6.07) is 1.93. The molecule has 0 aromatic carbocycles. The van der Waals surface area contributed by atoms with E-state index in [-0.39, 0.29) is 12.0 Å². The van der Waals surface area contributed by atoms with E-state index in [0.29, 0.717) is 19.2 Å². The van der Waals surface area contributed by atoms with Crippen LogP contribution in [0.5, 0.6) is 6.01 Å². The average molecular weight is 293 g/mol. The number of rotatable bonds is 9. The lowest BCUT2D eigenvalue weighted by molar-refractivity contribution is 0.0947. The van der Waals surface area contributed by atoms with E-state index in [4.69, 9.17) is 15.3 Å². The van der Waals surface area contributed by atoms with Gasteiger partial charge >= 0.3 is 6.01 Å². The molecule has 0 aliphatic carbocycles. The average Bonchev–Trinajstić information content (AvgIpc) is 3.05. The Balaban J connectivity index is 1.94. The van der Waals surface area contributed by atoms with E-state index in [1.807, 2.05) is 0 Å². The van der Waals surface area contributed by atoms with Crippen LogP contribution in [0.2, 0.25) is 0 Å². The number of nitrogen functional groups attached to an aromatic ring is 1. The molecule has 0 saturated carbocycles. The van der Waals surface area contributed by atoms with Gasteiger partial charge in [0.25, 0.3) is 5.95 Å². The summed E-state index contributed by atoms with van der Waals surface area (Å²) < 4.78 is 12.3. The quantitative estimate of drug-likeness (QED) is 0.391. The summed E-state index contributed by atoms with van der Waals surface area (Å²) in [4.78, 5) is 12.3. The van der Waals surface area contributed by atoms with Gasteiger partial charge in [-0.05, 0) is 12.5 Å². The Labute approximate surface area is 122 Å². The fraction of sp³-hybridized carbons (Fsp3) is 0.500. The number of anilines is 1. The standard InChI is InChI=1S/C12H19N7O2/c1-2-3-7-20-8-9-21-12-16-10(18-13)15-11(17-12)19-6-4-5-14-19/h4-6H,2-3,7-9,13H2,1H3,(H,15,16,17,18). The molecule has 0 fully saturated rings. The van der Waals surface area contributed by atoms with Crippen molar-refractivity contribution in [2.75, 3.05) is 25.2 Å². The molecule has 2 aromatic heterocycles. The largest absolute Gasteiger partial charge is 0.461 e. The fourth-order valence-electron chi connectivity index (χ4n) is 1.50. The van der Waals surface area contributed by atoms with Crippen LogP contribution in [-0.2, 0) is 4.74 Å². The van der Waals surface area contributed by atoms with Crippen molar-refractivity contribution in [1.82, 2.24) is 24.7 Å². The molecule has 2 aromatic rings. The molecule has 2 rings (SSSR count). The number of unbranched alkanes of at least 4 members (excludes halogenated alkanes) is 1. The monoisotopic (exact) mass is 293 g/mol. The number of ether oxygens (including phenoxy) is 2. The van der Waals surface area contributed by atoms with Crippen LogP contribution in [0.1, 0.15) is 19.8 Å². The van der Waals surface area contributed by atoms with Crippen molar-refractivity contribution in [1.29, 1.82) is 0 Å². The molecular formula is C12H19N7O2. The van der Waals surface area contributed by atoms with E-state index >= 15 is 0 Å². The van der Waals surface area contributed by atoms with Gasteiger partial charge in [-0.1, -0.05) is 13.3 Å². The van der Waals surface area contributed by atoms with Crippen LogP contribution in [0.3, 0.4) is 0 Å². The molecule has 0 unspecified atom stereocenters. The number of nitrogens with one attached hydrogen (secondary N) is 1. The maximum atomic E-state index is 5.44. The molecule has 0 aliphatic heterocycles. The molecular weight excluding hydrogens is 274 g/mol. The van der Waals surface area contributed by atoms with Gasteiger partial charge in [-0.2, -0.15) is 20.1 Å². The number of hydrogen-bond donors (Lipinski definition) is 2. The highest BCUT2D eigenvalue weighted by molar-refractivity contribution is 5.28. The Kier molecular flexibility index (Phi) is 5.85. The second-order valence-corrected chi connectivity index (χ2v) is 4.15. The van der Waals surface area contributed by atoms with E-state index in [1.54, 1.807) is 18.5 Å². The lowest BCUT2D eigenvalue weighted by Crippen LogP contribution is -2.16. The second kappa shape index (κ2) is 8.12. The first-order chi connectivity index (χ1) is 10.3. The molecule has 0 spiro atoms. The summed E-state index contributed by atoms with van der Waals surface area (Å²) in [5.41, 5.74) is 2.37. The first-order valence-corrected chi connectivity index (χ1v) is 6.76. The van der Waals surface area contributed by atoms with Gasteiger partial charge in [-0.15, -0.1) is 0 Å². The normalized spacial score (nSPS) is 10.6. The third-order valence-electron chi connectivity index (χ3n) is 2.54. The van der Waals surface area contributed by atoms with Crippen molar-refractivity contribution in [2.24, 2.45) is 5.84 Å². The molecule has 114 valence electrons. The van der Waals surface area contributed by atoms with Crippen LogP contribution in [0, 0.1) is 0 Å². The molecule has 21 heavy (non-hydrogen) atoms. The summed E-state index contributed by atoms with van der Waals surface area (Å²) >= 11 is 0. The Hall–Kier alpha value is -2.26. The number of nitrogens with zero attached hydrogens (tertiary/aromatic N) is 5. The summed E-state index contributed by atoms with van der Waals surface area (Å²) in [5, 5.41) is 4.05. The summed E-state index contributed by atoms with van der Waals surface area (Å²) in [6.07, 6.45) is 5.48. The lowest BCUT2D eigenvalue weighted by Gasteiger charge is -2.08. The lowest BCUT2D eigenvalue weighted by atomic mass is 10.4. The van der Waals surface area contributed by atoms with E-state index in [2.05, 4.69) is 32.4 Å². The molecule has 0 saturated heterocycles. The first kappa shape index (κ1) is 15.1. The van der Waals surface area contributed by atoms with Crippen molar-refractivity contribution in [2.45, 2.75) is 19.8 Å². The van der Waals surface area contributed by atoms with Crippen molar-refractivity contribution < 1.29 is 9.47 Å². The van der Waals surface area contributed by atoms with Crippen LogP contribution in [0.25, 0.3) is 5.95 Å². The SMILES string of the molecule is CCCCOCCOc1nc(NN)nc(-n2cccn2)n1. The Morgan fingerprint density at radius 2 is 2.14 bits per heavy atom. The summed E-state index contributed by atoms with van der Waals surface area (Å²) in [7, 11) is 0. The van der Waals surface area contributed by atoms with Gasteiger partial charge in [0.1, 0.15) is 6.61 Å². The first-order valence-electron chi connectivity index (χ1n) is 6.76. The molecule has 9 nitrogen and oxygen atoms in total. The minimum absolute atomic E-state index is 0.169. The molecule has 0 bridgehead atoms. The number of hydrogen-bond acceptors (Lipinski definition) is 8.